The van der Waals surface area contributed by atoms with Gasteiger partial charge < -0.3 is 20.1 Å². The Labute approximate surface area is 149 Å². The molecule has 136 valence electrons. The van der Waals surface area contributed by atoms with Gasteiger partial charge in [0.2, 0.25) is 5.91 Å². The molecule has 3 aliphatic rings. The lowest BCUT2D eigenvalue weighted by Crippen LogP contribution is -2.82. The first-order valence-corrected chi connectivity index (χ1v) is 9.32. The number of hydrogen-bond donors (Lipinski definition) is 1. The van der Waals surface area contributed by atoms with Crippen molar-refractivity contribution in [3.8, 4) is 0 Å². The van der Waals surface area contributed by atoms with Crippen molar-refractivity contribution < 1.29 is 14.3 Å². The first-order valence-electron chi connectivity index (χ1n) is 9.32. The first kappa shape index (κ1) is 17.0. The second kappa shape index (κ2) is 6.08. The molecule has 2 saturated heterocycles. The van der Waals surface area contributed by atoms with Crippen LogP contribution in [0.25, 0.3) is 0 Å². The van der Waals surface area contributed by atoms with Crippen molar-refractivity contribution in [1.82, 2.24) is 4.90 Å². The number of carbonyl (C=O) groups is 1. The van der Waals surface area contributed by atoms with Crippen LogP contribution in [-0.2, 0) is 14.3 Å². The van der Waals surface area contributed by atoms with Crippen LogP contribution in [0.15, 0.2) is 30.3 Å². The predicted octanol–water partition coefficient (Wildman–Crippen LogP) is 2.12. The number of ether oxygens (including phenoxy) is 2. The van der Waals surface area contributed by atoms with E-state index in [9.17, 15) is 4.79 Å². The molecular weight excluding hydrogens is 316 g/mol. The molecule has 0 aromatic heterocycles. The molecule has 1 aliphatic carbocycles. The van der Waals surface area contributed by atoms with Gasteiger partial charge in [-0.15, -0.1) is 0 Å². The third kappa shape index (κ3) is 2.44. The summed E-state index contributed by atoms with van der Waals surface area (Å²) in [6.45, 7) is 6.65. The molecule has 1 amide bonds. The minimum Gasteiger partial charge on any atom is -0.377 e. The topological polar surface area (TPSA) is 64.8 Å². The summed E-state index contributed by atoms with van der Waals surface area (Å²) in [5, 5.41) is 0. The van der Waals surface area contributed by atoms with Crippen LogP contribution >= 0.6 is 0 Å². The van der Waals surface area contributed by atoms with E-state index in [-0.39, 0.29) is 29.4 Å². The molecule has 1 aromatic rings. The van der Waals surface area contributed by atoms with Gasteiger partial charge in [0.05, 0.1) is 19.3 Å². The fourth-order valence-electron chi connectivity index (χ4n) is 4.97. The minimum atomic E-state index is -0.837. The molecule has 0 bridgehead atoms. The maximum absolute atomic E-state index is 13.4. The predicted molar refractivity (Wildman–Crippen MR) is 94.9 cm³/mol. The van der Waals surface area contributed by atoms with Gasteiger partial charge in [-0.05, 0) is 18.4 Å². The summed E-state index contributed by atoms with van der Waals surface area (Å²) in [5.41, 5.74) is 6.72. The van der Waals surface area contributed by atoms with Crippen molar-refractivity contribution in [3.05, 3.63) is 35.9 Å². The molecule has 4 rings (SSSR count). The van der Waals surface area contributed by atoms with Gasteiger partial charge in [-0.2, -0.15) is 0 Å². The number of amides is 1. The zero-order valence-electron chi connectivity index (χ0n) is 15.1. The Hall–Kier alpha value is -1.43. The van der Waals surface area contributed by atoms with Crippen LogP contribution in [0.3, 0.4) is 0 Å². The Morgan fingerprint density at radius 1 is 1.20 bits per heavy atom. The summed E-state index contributed by atoms with van der Waals surface area (Å²) >= 11 is 0. The zero-order valence-corrected chi connectivity index (χ0v) is 15.1. The lowest BCUT2D eigenvalue weighted by Gasteiger charge is -2.66. The maximum atomic E-state index is 13.4. The maximum Gasteiger partial charge on any atom is 0.243 e. The average molecular weight is 344 g/mol. The quantitative estimate of drug-likeness (QED) is 0.892. The number of carbonyl (C=O) groups excluding carboxylic acids is 1. The third-order valence-electron chi connectivity index (χ3n) is 6.56. The highest BCUT2D eigenvalue weighted by Gasteiger charge is 2.70. The number of rotatable bonds is 2. The van der Waals surface area contributed by atoms with Crippen molar-refractivity contribution in [2.24, 2.45) is 17.1 Å². The highest BCUT2D eigenvalue weighted by atomic mass is 16.5. The molecule has 0 radical (unpaired) electrons. The lowest BCUT2D eigenvalue weighted by atomic mass is 9.46. The second-order valence-corrected chi connectivity index (χ2v) is 8.15. The summed E-state index contributed by atoms with van der Waals surface area (Å²) < 4.78 is 11.8. The fourth-order valence-corrected chi connectivity index (χ4v) is 4.97. The minimum absolute atomic E-state index is 0.0634. The molecule has 0 spiro atoms. The second-order valence-electron chi connectivity index (χ2n) is 8.15. The van der Waals surface area contributed by atoms with Gasteiger partial charge in [0.25, 0.3) is 0 Å². The van der Waals surface area contributed by atoms with Gasteiger partial charge in [0, 0.05) is 24.5 Å². The van der Waals surface area contributed by atoms with Crippen LogP contribution in [0.1, 0.15) is 38.4 Å². The SMILES string of the molecule is CC1(C)C2OCCCC2C1(N)C(=O)N1CCOC(c2ccccc2)C1. The Bertz CT molecular complexity index is 648. The van der Waals surface area contributed by atoms with Crippen LogP contribution in [0, 0.1) is 11.3 Å². The van der Waals surface area contributed by atoms with Crippen molar-refractivity contribution in [3.63, 3.8) is 0 Å². The summed E-state index contributed by atoms with van der Waals surface area (Å²) in [7, 11) is 0. The van der Waals surface area contributed by atoms with Gasteiger partial charge >= 0.3 is 0 Å². The smallest absolute Gasteiger partial charge is 0.243 e. The highest BCUT2D eigenvalue weighted by molar-refractivity contribution is 5.89. The van der Waals surface area contributed by atoms with E-state index in [0.717, 1.165) is 25.0 Å². The fraction of sp³-hybridized carbons (Fsp3) is 0.650. The summed E-state index contributed by atoms with van der Waals surface area (Å²) in [6.07, 6.45) is 1.98. The molecule has 1 aromatic carbocycles. The van der Waals surface area contributed by atoms with Crippen molar-refractivity contribution in [2.75, 3.05) is 26.3 Å². The molecule has 1 saturated carbocycles. The van der Waals surface area contributed by atoms with Crippen LogP contribution in [-0.4, -0.2) is 48.8 Å². The van der Waals surface area contributed by atoms with Crippen LogP contribution in [0.5, 0.6) is 0 Å². The van der Waals surface area contributed by atoms with Crippen molar-refractivity contribution >= 4 is 5.91 Å². The summed E-state index contributed by atoms with van der Waals surface area (Å²) in [5.74, 6) is 0.190. The number of hydrogen-bond acceptors (Lipinski definition) is 4. The van der Waals surface area contributed by atoms with E-state index in [0.29, 0.717) is 19.7 Å². The van der Waals surface area contributed by atoms with Crippen LogP contribution in [0.4, 0.5) is 0 Å². The molecule has 4 atom stereocenters. The van der Waals surface area contributed by atoms with E-state index >= 15 is 0 Å². The number of fused-ring (bicyclic) bond motifs is 1. The Balaban J connectivity index is 1.54. The number of benzene rings is 1. The Morgan fingerprint density at radius 3 is 2.72 bits per heavy atom. The molecule has 5 nitrogen and oxygen atoms in total. The van der Waals surface area contributed by atoms with Gasteiger partial charge in [0.1, 0.15) is 11.6 Å². The molecule has 25 heavy (non-hydrogen) atoms. The van der Waals surface area contributed by atoms with Gasteiger partial charge in [-0.1, -0.05) is 44.2 Å². The first-order chi connectivity index (χ1) is 12.0. The number of nitrogens with two attached hydrogens (primary N) is 1. The van der Waals surface area contributed by atoms with Gasteiger partial charge in [0.15, 0.2) is 0 Å². The van der Waals surface area contributed by atoms with Crippen molar-refractivity contribution in [2.45, 2.75) is 44.4 Å². The molecule has 2 aliphatic heterocycles. The Morgan fingerprint density at radius 2 is 1.96 bits per heavy atom. The van der Waals surface area contributed by atoms with E-state index in [1.54, 1.807) is 0 Å². The molecular formula is C20H28N2O3. The summed E-state index contributed by atoms with van der Waals surface area (Å²) in [6, 6.07) is 10.1. The third-order valence-corrected chi connectivity index (χ3v) is 6.56. The normalized spacial score (nSPS) is 37.1. The monoisotopic (exact) mass is 344 g/mol. The number of nitrogens with zero attached hydrogens (tertiary/aromatic N) is 1. The highest BCUT2D eigenvalue weighted by Crippen LogP contribution is 2.58. The average Bonchev–Trinajstić information content (AvgIpc) is 2.67. The molecule has 2 N–H and O–H groups in total. The van der Waals surface area contributed by atoms with Gasteiger partial charge in [-0.3, -0.25) is 4.79 Å². The zero-order chi connectivity index (χ0) is 17.7. The van der Waals surface area contributed by atoms with E-state index in [2.05, 4.69) is 26.0 Å². The Kier molecular flexibility index (Phi) is 4.13. The largest absolute Gasteiger partial charge is 0.377 e. The van der Waals surface area contributed by atoms with E-state index in [4.69, 9.17) is 15.2 Å². The van der Waals surface area contributed by atoms with Crippen LogP contribution < -0.4 is 5.73 Å². The summed E-state index contributed by atoms with van der Waals surface area (Å²) in [4.78, 5) is 15.3. The molecule has 3 fully saturated rings. The van der Waals surface area contributed by atoms with Crippen molar-refractivity contribution in [1.29, 1.82) is 0 Å². The molecule has 2 heterocycles. The molecule has 4 unspecified atom stereocenters. The van der Waals surface area contributed by atoms with E-state index in [1.807, 2.05) is 23.1 Å². The van der Waals surface area contributed by atoms with E-state index in [1.165, 1.54) is 0 Å². The lowest BCUT2D eigenvalue weighted by molar-refractivity contribution is -0.232. The van der Waals surface area contributed by atoms with Crippen LogP contribution in [0.2, 0.25) is 0 Å². The molecule has 5 heteroatoms. The standard InChI is InChI=1S/C20H28N2O3/c1-19(2)17-15(9-6-11-25-17)20(19,21)18(23)22-10-12-24-16(13-22)14-7-4-3-5-8-14/h3-5,7-8,15-17H,6,9-13,21H2,1-2H3. The van der Waals surface area contributed by atoms with Gasteiger partial charge in [-0.25, -0.2) is 0 Å². The number of morpholine rings is 1. The van der Waals surface area contributed by atoms with E-state index < -0.39 is 5.54 Å².